The second-order valence-corrected chi connectivity index (χ2v) is 6.94. The van der Waals surface area contributed by atoms with Crippen LogP contribution in [0.25, 0.3) is 0 Å². The van der Waals surface area contributed by atoms with Gasteiger partial charge in [0.25, 0.3) is 11.5 Å². The first-order valence-corrected chi connectivity index (χ1v) is 9.11. The number of hydrogen-bond donors (Lipinski definition) is 0. The maximum absolute atomic E-state index is 13.1. The number of hydrogen-bond acceptors (Lipinski definition) is 3. The first kappa shape index (κ1) is 18.1. The average molecular weight is 352 g/mol. The Morgan fingerprint density at radius 1 is 1.15 bits per heavy atom. The molecule has 0 aliphatic heterocycles. The molecule has 5 heteroatoms. The van der Waals surface area contributed by atoms with Crippen LogP contribution in [0.3, 0.4) is 0 Å². The minimum absolute atomic E-state index is 0.211. The van der Waals surface area contributed by atoms with Crippen molar-refractivity contribution in [2.24, 2.45) is 5.92 Å². The van der Waals surface area contributed by atoms with Crippen molar-refractivity contribution in [1.82, 2.24) is 9.13 Å². The smallest absolute Gasteiger partial charge is 0.293 e. The van der Waals surface area contributed by atoms with Gasteiger partial charge in [0.2, 0.25) is 0 Å². The van der Waals surface area contributed by atoms with E-state index in [-0.39, 0.29) is 6.04 Å². The van der Waals surface area contributed by atoms with Gasteiger partial charge in [0.05, 0.1) is 6.04 Å². The van der Waals surface area contributed by atoms with E-state index in [2.05, 4.69) is 6.58 Å². The van der Waals surface area contributed by atoms with E-state index in [4.69, 9.17) is 0 Å². The largest absolute Gasteiger partial charge is 0.338 e. The molecule has 1 atom stereocenters. The molecule has 1 fully saturated rings. The number of allylic oxidation sites excluding steroid dienone is 1. The Balaban J connectivity index is 2.12. The molecule has 1 aliphatic carbocycles. The third-order valence-electron chi connectivity index (χ3n) is 5.20. The molecule has 0 radical (unpaired) electrons. The van der Waals surface area contributed by atoms with Crippen LogP contribution in [0.2, 0.25) is 0 Å². The van der Waals surface area contributed by atoms with Crippen molar-refractivity contribution in [3.8, 4) is 0 Å². The van der Waals surface area contributed by atoms with Gasteiger partial charge in [-0.25, -0.2) is 4.79 Å². The van der Waals surface area contributed by atoms with E-state index in [0.717, 1.165) is 30.3 Å². The van der Waals surface area contributed by atoms with Crippen molar-refractivity contribution >= 4 is 5.91 Å². The van der Waals surface area contributed by atoms with Gasteiger partial charge in [-0.1, -0.05) is 43.5 Å². The summed E-state index contributed by atoms with van der Waals surface area (Å²) in [6.07, 6.45) is 8.85. The van der Waals surface area contributed by atoms with Crippen LogP contribution in [0.4, 0.5) is 0 Å². The summed E-state index contributed by atoms with van der Waals surface area (Å²) in [5.41, 5.74) is -0.468. The molecule has 0 spiro atoms. The van der Waals surface area contributed by atoms with Gasteiger partial charge in [-0.05, 0) is 37.8 Å². The van der Waals surface area contributed by atoms with Crippen molar-refractivity contribution in [2.45, 2.75) is 45.1 Å². The number of aryl methyl sites for hydroxylation is 1. The molecule has 1 aromatic carbocycles. The minimum atomic E-state index is -0.593. The summed E-state index contributed by atoms with van der Waals surface area (Å²) in [5.74, 6) is -0.291. The highest BCUT2D eigenvalue weighted by Crippen LogP contribution is 2.32. The molecule has 0 unspecified atom stereocenters. The van der Waals surface area contributed by atoms with Gasteiger partial charge >= 0.3 is 5.69 Å². The van der Waals surface area contributed by atoms with Crippen molar-refractivity contribution in [1.29, 1.82) is 0 Å². The first-order chi connectivity index (χ1) is 12.5. The molecule has 1 saturated carbocycles. The number of benzene rings is 1. The highest BCUT2D eigenvalue weighted by Gasteiger charge is 2.26. The standard InChI is InChI=1S/C21H24N2O3/c1-3-18(16-10-6-4-7-11-16)22-14-15(2)19(24)23(21(22)26)20(25)17-12-8-5-9-13-17/h3,5,8-9,12-14,16,18H,1,4,6-7,10-11H2,2H3/t18-/m0/s1. The zero-order valence-corrected chi connectivity index (χ0v) is 15.1. The quantitative estimate of drug-likeness (QED) is 0.793. The first-order valence-electron chi connectivity index (χ1n) is 9.11. The summed E-state index contributed by atoms with van der Waals surface area (Å²) in [7, 11) is 0. The van der Waals surface area contributed by atoms with Crippen LogP contribution in [0.5, 0.6) is 0 Å². The van der Waals surface area contributed by atoms with Gasteiger partial charge < -0.3 is 0 Å². The zero-order valence-electron chi connectivity index (χ0n) is 15.1. The van der Waals surface area contributed by atoms with Crippen molar-refractivity contribution in [3.63, 3.8) is 0 Å². The van der Waals surface area contributed by atoms with Crippen molar-refractivity contribution in [3.05, 3.63) is 81.1 Å². The summed E-state index contributed by atoms with van der Waals surface area (Å²) >= 11 is 0. The molecule has 1 aliphatic rings. The van der Waals surface area contributed by atoms with E-state index < -0.39 is 17.2 Å². The lowest BCUT2D eigenvalue weighted by Crippen LogP contribution is -2.46. The molecule has 0 amide bonds. The maximum atomic E-state index is 13.1. The maximum Gasteiger partial charge on any atom is 0.338 e. The SMILES string of the molecule is C=C[C@@H](C1CCCCC1)n1cc(C)c(=O)n(C(=O)c2ccccc2)c1=O. The molecule has 2 aromatic rings. The van der Waals surface area contributed by atoms with E-state index in [9.17, 15) is 14.4 Å². The predicted octanol–water partition coefficient (Wildman–Crippen LogP) is 3.31. The Hall–Kier alpha value is -2.69. The molecular weight excluding hydrogens is 328 g/mol. The van der Waals surface area contributed by atoms with Crippen LogP contribution < -0.4 is 11.2 Å². The topological polar surface area (TPSA) is 61.1 Å². The molecular formula is C21H24N2O3. The molecule has 1 aromatic heterocycles. The van der Waals surface area contributed by atoms with E-state index in [0.29, 0.717) is 17.0 Å². The van der Waals surface area contributed by atoms with E-state index >= 15 is 0 Å². The Bertz CT molecular complexity index is 919. The third kappa shape index (κ3) is 3.34. The van der Waals surface area contributed by atoms with Crippen molar-refractivity contribution in [2.75, 3.05) is 0 Å². The van der Waals surface area contributed by atoms with Crippen LogP contribution >= 0.6 is 0 Å². The fourth-order valence-electron chi connectivity index (χ4n) is 3.81. The van der Waals surface area contributed by atoms with E-state index in [1.165, 1.54) is 11.0 Å². The van der Waals surface area contributed by atoms with Crippen LogP contribution in [0.1, 0.15) is 54.1 Å². The average Bonchev–Trinajstić information content (AvgIpc) is 2.68. The third-order valence-corrected chi connectivity index (χ3v) is 5.20. The van der Waals surface area contributed by atoms with Gasteiger partial charge in [-0.2, -0.15) is 4.57 Å². The van der Waals surface area contributed by atoms with Gasteiger partial charge in [-0.15, -0.1) is 6.58 Å². The second kappa shape index (κ2) is 7.68. The molecule has 5 nitrogen and oxygen atoms in total. The van der Waals surface area contributed by atoms with E-state index in [1.54, 1.807) is 49.5 Å². The number of aromatic nitrogens is 2. The predicted molar refractivity (Wildman–Crippen MR) is 102 cm³/mol. The molecule has 0 bridgehead atoms. The number of carbonyl (C=O) groups is 1. The normalized spacial score (nSPS) is 16.2. The monoisotopic (exact) mass is 352 g/mol. The highest BCUT2D eigenvalue weighted by atomic mass is 16.2. The molecule has 0 N–H and O–H groups in total. The van der Waals surface area contributed by atoms with Crippen LogP contribution in [0.15, 0.2) is 58.8 Å². The number of nitrogens with zero attached hydrogens (tertiary/aromatic N) is 2. The van der Waals surface area contributed by atoms with Gasteiger partial charge in [-0.3, -0.25) is 14.2 Å². The molecule has 26 heavy (non-hydrogen) atoms. The zero-order chi connectivity index (χ0) is 18.7. The highest BCUT2D eigenvalue weighted by molar-refractivity contribution is 5.95. The Morgan fingerprint density at radius 3 is 2.42 bits per heavy atom. The summed E-state index contributed by atoms with van der Waals surface area (Å²) < 4.78 is 2.27. The summed E-state index contributed by atoms with van der Waals surface area (Å²) in [6.45, 7) is 5.54. The fourth-order valence-corrected chi connectivity index (χ4v) is 3.81. The lowest BCUT2D eigenvalue weighted by atomic mass is 9.84. The van der Waals surface area contributed by atoms with E-state index in [1.807, 2.05) is 0 Å². The second-order valence-electron chi connectivity index (χ2n) is 6.94. The van der Waals surface area contributed by atoms with Gasteiger partial charge in [0, 0.05) is 17.3 Å². The van der Waals surface area contributed by atoms with Crippen LogP contribution in [-0.4, -0.2) is 15.0 Å². The van der Waals surface area contributed by atoms with Gasteiger partial charge in [0.15, 0.2) is 0 Å². The van der Waals surface area contributed by atoms with Crippen molar-refractivity contribution < 1.29 is 4.79 Å². The summed E-state index contributed by atoms with van der Waals surface area (Å²) in [6, 6.07) is 8.20. The van der Waals surface area contributed by atoms with Gasteiger partial charge in [0.1, 0.15) is 0 Å². The van der Waals surface area contributed by atoms with Crippen LogP contribution in [0, 0.1) is 12.8 Å². The Morgan fingerprint density at radius 2 is 1.81 bits per heavy atom. The fraction of sp³-hybridized carbons (Fsp3) is 0.381. The number of carbonyl (C=O) groups excluding carboxylic acids is 1. The Labute approximate surface area is 152 Å². The Kier molecular flexibility index (Phi) is 5.35. The lowest BCUT2D eigenvalue weighted by Gasteiger charge is -2.29. The lowest BCUT2D eigenvalue weighted by molar-refractivity contribution is 0.0946. The molecule has 0 saturated heterocycles. The minimum Gasteiger partial charge on any atom is -0.293 e. The molecule has 136 valence electrons. The summed E-state index contributed by atoms with van der Waals surface area (Å²) in [5, 5.41) is 0. The summed E-state index contributed by atoms with van der Waals surface area (Å²) in [4.78, 5) is 38.4. The van der Waals surface area contributed by atoms with Crippen LogP contribution in [-0.2, 0) is 0 Å². The molecule has 1 heterocycles. The molecule has 3 rings (SSSR count). The number of rotatable bonds is 4.